The Morgan fingerprint density at radius 3 is 2.42 bits per heavy atom. The first kappa shape index (κ1) is 17.4. The van der Waals surface area contributed by atoms with Crippen LogP contribution in [0.25, 0.3) is 11.1 Å². The number of nitro benzene ring substituents is 1. The third-order valence-corrected chi connectivity index (χ3v) is 3.85. The van der Waals surface area contributed by atoms with Crippen molar-refractivity contribution in [3.63, 3.8) is 0 Å². The molecule has 0 saturated carbocycles. The van der Waals surface area contributed by atoms with Crippen LogP contribution in [-0.2, 0) is 0 Å². The molecule has 3 rings (SSSR count). The van der Waals surface area contributed by atoms with E-state index in [0.29, 0.717) is 12.2 Å². The zero-order valence-electron chi connectivity index (χ0n) is 14.3. The number of nitrogens with zero attached hydrogens (tertiary/aromatic N) is 2. The maximum Gasteiger partial charge on any atom is 0.277 e. The molecule has 0 fully saturated rings. The Labute approximate surface area is 151 Å². The molecule has 0 amide bonds. The van der Waals surface area contributed by atoms with Crippen LogP contribution in [0.3, 0.4) is 0 Å². The monoisotopic (exact) mass is 346 g/mol. The van der Waals surface area contributed by atoms with Crippen LogP contribution < -0.4 is 4.74 Å². The molecule has 0 spiro atoms. The second-order valence-corrected chi connectivity index (χ2v) is 5.55. The van der Waals surface area contributed by atoms with E-state index >= 15 is 0 Å². The number of aliphatic imine (C=N–C) groups is 1. The van der Waals surface area contributed by atoms with E-state index in [1.165, 1.54) is 6.07 Å². The SMILES string of the molecule is CCOc1ccccc1C=Nc1ccc(-c2ccccc2[N+](=O)[O-])cc1. The highest BCUT2D eigenvalue weighted by atomic mass is 16.6. The molecule has 3 aromatic rings. The van der Waals surface area contributed by atoms with Gasteiger partial charge in [0.25, 0.3) is 5.69 Å². The van der Waals surface area contributed by atoms with Gasteiger partial charge in [-0.3, -0.25) is 15.1 Å². The molecule has 26 heavy (non-hydrogen) atoms. The predicted octanol–water partition coefficient (Wildman–Crippen LogP) is 5.41. The van der Waals surface area contributed by atoms with E-state index < -0.39 is 0 Å². The zero-order chi connectivity index (χ0) is 18.4. The minimum atomic E-state index is -0.369. The van der Waals surface area contributed by atoms with Crippen molar-refractivity contribution in [2.75, 3.05) is 6.61 Å². The average molecular weight is 346 g/mol. The van der Waals surface area contributed by atoms with E-state index in [9.17, 15) is 10.1 Å². The molecule has 0 aliphatic rings. The lowest BCUT2D eigenvalue weighted by atomic mass is 10.0. The maximum absolute atomic E-state index is 11.2. The standard InChI is InChI=1S/C21H18N2O3/c1-2-26-21-10-6-3-7-17(21)15-22-18-13-11-16(12-14-18)19-8-4-5-9-20(19)23(24)25/h3-15H,2H2,1H3. The van der Waals surface area contributed by atoms with Gasteiger partial charge in [-0.15, -0.1) is 0 Å². The van der Waals surface area contributed by atoms with Crippen LogP contribution in [0.1, 0.15) is 12.5 Å². The van der Waals surface area contributed by atoms with Crippen LogP contribution in [0.4, 0.5) is 11.4 Å². The van der Waals surface area contributed by atoms with Gasteiger partial charge < -0.3 is 4.74 Å². The second kappa shape index (κ2) is 8.07. The van der Waals surface area contributed by atoms with E-state index in [-0.39, 0.29) is 10.6 Å². The molecule has 5 nitrogen and oxygen atoms in total. The Hall–Kier alpha value is -3.47. The fourth-order valence-electron chi connectivity index (χ4n) is 2.62. The topological polar surface area (TPSA) is 64.7 Å². The summed E-state index contributed by atoms with van der Waals surface area (Å²) in [7, 11) is 0. The molecule has 0 aliphatic carbocycles. The molecule has 0 heterocycles. The lowest BCUT2D eigenvalue weighted by Gasteiger charge is -2.06. The maximum atomic E-state index is 11.2. The third-order valence-electron chi connectivity index (χ3n) is 3.85. The molecule has 3 aromatic carbocycles. The minimum absolute atomic E-state index is 0.0920. The third kappa shape index (κ3) is 3.95. The Balaban J connectivity index is 1.84. The number of hydrogen-bond donors (Lipinski definition) is 0. The molecule has 0 saturated heterocycles. The van der Waals surface area contributed by atoms with Gasteiger partial charge in [-0.2, -0.15) is 0 Å². The highest BCUT2D eigenvalue weighted by Gasteiger charge is 2.13. The highest BCUT2D eigenvalue weighted by molar-refractivity contribution is 5.85. The van der Waals surface area contributed by atoms with Crippen molar-refractivity contribution < 1.29 is 9.66 Å². The first-order chi connectivity index (χ1) is 12.7. The molecule has 0 bridgehead atoms. The van der Waals surface area contributed by atoms with E-state index in [4.69, 9.17) is 4.74 Å². The van der Waals surface area contributed by atoms with Crippen LogP contribution in [0.15, 0.2) is 77.8 Å². The molecule has 0 aromatic heterocycles. The molecule has 0 unspecified atom stereocenters. The van der Waals surface area contributed by atoms with E-state index in [1.807, 2.05) is 55.5 Å². The van der Waals surface area contributed by atoms with Crippen molar-refractivity contribution in [3.8, 4) is 16.9 Å². The Bertz CT molecular complexity index is 934. The first-order valence-corrected chi connectivity index (χ1v) is 8.29. The number of para-hydroxylation sites is 2. The van der Waals surface area contributed by atoms with Crippen LogP contribution in [0, 0.1) is 10.1 Å². The number of benzene rings is 3. The van der Waals surface area contributed by atoms with Crippen molar-refractivity contribution in [2.24, 2.45) is 4.99 Å². The van der Waals surface area contributed by atoms with Gasteiger partial charge in [0, 0.05) is 17.8 Å². The van der Waals surface area contributed by atoms with Gasteiger partial charge in [0.05, 0.1) is 22.8 Å². The summed E-state index contributed by atoms with van der Waals surface area (Å²) in [5.74, 6) is 0.787. The van der Waals surface area contributed by atoms with Gasteiger partial charge in [-0.1, -0.05) is 36.4 Å². The summed E-state index contributed by atoms with van der Waals surface area (Å²) in [4.78, 5) is 15.3. The molecular weight excluding hydrogens is 328 g/mol. The molecule has 0 radical (unpaired) electrons. The van der Waals surface area contributed by atoms with Crippen molar-refractivity contribution >= 4 is 17.6 Å². The van der Waals surface area contributed by atoms with Crippen LogP contribution >= 0.6 is 0 Å². The quantitative estimate of drug-likeness (QED) is 0.340. The first-order valence-electron chi connectivity index (χ1n) is 8.29. The Kier molecular flexibility index (Phi) is 5.39. The predicted molar refractivity (Wildman–Crippen MR) is 103 cm³/mol. The van der Waals surface area contributed by atoms with Crippen molar-refractivity contribution in [1.82, 2.24) is 0 Å². The largest absolute Gasteiger partial charge is 0.493 e. The van der Waals surface area contributed by atoms with Gasteiger partial charge >= 0.3 is 0 Å². The summed E-state index contributed by atoms with van der Waals surface area (Å²) >= 11 is 0. The number of nitro groups is 1. The molecule has 0 aliphatic heterocycles. The lowest BCUT2D eigenvalue weighted by Crippen LogP contribution is -1.95. The Morgan fingerprint density at radius 2 is 1.69 bits per heavy atom. The van der Waals surface area contributed by atoms with Gasteiger partial charge in [-0.25, -0.2) is 0 Å². The van der Waals surface area contributed by atoms with E-state index in [0.717, 1.165) is 22.6 Å². The summed E-state index contributed by atoms with van der Waals surface area (Å²) in [5.41, 5.74) is 3.13. The molecule has 0 atom stereocenters. The average Bonchev–Trinajstić information content (AvgIpc) is 2.68. The fourth-order valence-corrected chi connectivity index (χ4v) is 2.62. The number of rotatable bonds is 6. The van der Waals surface area contributed by atoms with Crippen LogP contribution in [0.5, 0.6) is 5.75 Å². The Morgan fingerprint density at radius 1 is 1.00 bits per heavy atom. The van der Waals surface area contributed by atoms with Crippen molar-refractivity contribution in [2.45, 2.75) is 6.92 Å². The molecular formula is C21H18N2O3. The molecule has 5 heteroatoms. The summed E-state index contributed by atoms with van der Waals surface area (Å²) in [5, 5.41) is 11.2. The van der Waals surface area contributed by atoms with Crippen LogP contribution in [0.2, 0.25) is 0 Å². The molecule has 130 valence electrons. The van der Waals surface area contributed by atoms with Gasteiger partial charge in [-0.05, 0) is 42.8 Å². The summed E-state index contributed by atoms with van der Waals surface area (Å²) in [6.07, 6.45) is 1.75. The van der Waals surface area contributed by atoms with Gasteiger partial charge in [0.1, 0.15) is 5.75 Å². The normalized spacial score (nSPS) is 10.8. The summed E-state index contributed by atoms with van der Waals surface area (Å²) < 4.78 is 5.58. The van der Waals surface area contributed by atoms with E-state index in [2.05, 4.69) is 4.99 Å². The minimum Gasteiger partial charge on any atom is -0.493 e. The second-order valence-electron chi connectivity index (χ2n) is 5.55. The summed E-state index contributed by atoms with van der Waals surface area (Å²) in [6, 6.07) is 21.8. The smallest absolute Gasteiger partial charge is 0.277 e. The summed E-state index contributed by atoms with van der Waals surface area (Å²) in [6.45, 7) is 2.53. The van der Waals surface area contributed by atoms with Gasteiger partial charge in [0.15, 0.2) is 0 Å². The number of hydrogen-bond acceptors (Lipinski definition) is 4. The molecule has 0 N–H and O–H groups in total. The van der Waals surface area contributed by atoms with E-state index in [1.54, 1.807) is 24.4 Å². The fraction of sp³-hybridized carbons (Fsp3) is 0.0952. The highest BCUT2D eigenvalue weighted by Crippen LogP contribution is 2.30. The van der Waals surface area contributed by atoms with Crippen LogP contribution in [-0.4, -0.2) is 17.7 Å². The van der Waals surface area contributed by atoms with Crippen molar-refractivity contribution in [3.05, 3.63) is 88.5 Å². The van der Waals surface area contributed by atoms with Gasteiger partial charge in [0.2, 0.25) is 0 Å². The lowest BCUT2D eigenvalue weighted by molar-refractivity contribution is -0.384. The zero-order valence-corrected chi connectivity index (χ0v) is 14.3. The van der Waals surface area contributed by atoms with Crippen molar-refractivity contribution in [1.29, 1.82) is 0 Å². The number of ether oxygens (including phenoxy) is 1.